The van der Waals surface area contributed by atoms with Crippen molar-refractivity contribution in [3.63, 3.8) is 0 Å². The second-order valence-corrected chi connectivity index (χ2v) is 9.29. The van der Waals surface area contributed by atoms with Crippen molar-refractivity contribution in [3.8, 4) is 6.07 Å². The number of H-pyrrole nitrogens is 1. The third-order valence-corrected chi connectivity index (χ3v) is 6.68. The first kappa shape index (κ1) is 20.3. The van der Waals surface area contributed by atoms with Gasteiger partial charge in [-0.2, -0.15) is 5.26 Å². The predicted molar refractivity (Wildman–Crippen MR) is 115 cm³/mol. The Morgan fingerprint density at radius 3 is 2.97 bits per heavy atom. The highest BCUT2D eigenvalue weighted by Gasteiger charge is 2.39. The van der Waals surface area contributed by atoms with Gasteiger partial charge in [-0.25, -0.2) is 19.3 Å². The van der Waals surface area contributed by atoms with E-state index in [1.54, 1.807) is 44.1 Å². The van der Waals surface area contributed by atoms with Gasteiger partial charge in [0, 0.05) is 18.7 Å². The maximum atomic E-state index is 14.3. The van der Waals surface area contributed by atoms with Crippen molar-refractivity contribution < 1.29 is 13.6 Å². The predicted octanol–water partition coefficient (Wildman–Crippen LogP) is 4.04. The molecule has 0 saturated carbocycles. The van der Waals surface area contributed by atoms with E-state index in [2.05, 4.69) is 26.0 Å². The second-order valence-electron chi connectivity index (χ2n) is 8.23. The lowest BCUT2D eigenvalue weighted by Crippen LogP contribution is -2.40. The van der Waals surface area contributed by atoms with Crippen LogP contribution in [0.25, 0.3) is 10.2 Å². The minimum Gasteiger partial charge on any atom is -0.434 e. The summed E-state index contributed by atoms with van der Waals surface area (Å²) >= 11 is 1.33. The lowest BCUT2D eigenvalue weighted by atomic mass is 9.96. The number of carbonyl (C=O) groups excluding carboxylic acids is 1. The number of aromatic nitrogens is 4. The van der Waals surface area contributed by atoms with E-state index in [0.29, 0.717) is 34.1 Å². The zero-order valence-electron chi connectivity index (χ0n) is 17.6. The fourth-order valence-corrected chi connectivity index (χ4v) is 4.93. The van der Waals surface area contributed by atoms with E-state index >= 15 is 0 Å². The van der Waals surface area contributed by atoms with Gasteiger partial charge in [-0.15, -0.1) is 11.3 Å². The Morgan fingerprint density at radius 1 is 1.41 bits per heavy atom. The van der Waals surface area contributed by atoms with Crippen LogP contribution in [0, 0.1) is 24.1 Å². The fraction of sp³-hybridized carbons (Fsp3) is 0.318. The summed E-state index contributed by atoms with van der Waals surface area (Å²) in [5.41, 5.74) is 1.31. The van der Waals surface area contributed by atoms with Crippen molar-refractivity contribution >= 4 is 27.5 Å². The van der Waals surface area contributed by atoms with E-state index in [1.807, 2.05) is 0 Å². The van der Waals surface area contributed by atoms with Gasteiger partial charge >= 0.3 is 0 Å². The topological polar surface area (TPSA) is 112 Å². The van der Waals surface area contributed by atoms with Crippen molar-refractivity contribution in [2.45, 2.75) is 38.6 Å². The molecule has 3 aromatic heterocycles. The van der Waals surface area contributed by atoms with Gasteiger partial charge in [0.05, 0.1) is 28.5 Å². The zero-order valence-corrected chi connectivity index (χ0v) is 18.5. The number of aromatic amines is 1. The molecule has 0 fully saturated rings. The molecule has 8 nitrogen and oxygen atoms in total. The zero-order chi connectivity index (χ0) is 22.6. The van der Waals surface area contributed by atoms with E-state index in [-0.39, 0.29) is 23.1 Å². The lowest BCUT2D eigenvalue weighted by Gasteiger charge is -2.33. The van der Waals surface area contributed by atoms with Crippen LogP contribution in [0.15, 0.2) is 28.9 Å². The molecule has 1 aromatic carbocycles. The molecule has 10 heteroatoms. The number of carbonyl (C=O) groups is 1. The van der Waals surface area contributed by atoms with Crippen LogP contribution in [-0.2, 0) is 11.8 Å². The number of nitrogens with one attached hydrogen (secondary N) is 1. The molecule has 1 atom stereocenters. The molecule has 4 aromatic rings. The van der Waals surface area contributed by atoms with Gasteiger partial charge in [0.25, 0.3) is 5.91 Å². The first-order chi connectivity index (χ1) is 15.3. The Bertz CT molecular complexity index is 1400. The van der Waals surface area contributed by atoms with Gasteiger partial charge in [-0.1, -0.05) is 6.07 Å². The number of oxazole rings is 1. The normalized spacial score (nSPS) is 16.2. The number of hydrogen-bond acceptors (Lipinski definition) is 7. The molecule has 0 aliphatic carbocycles. The molecule has 1 aliphatic heterocycles. The van der Waals surface area contributed by atoms with Gasteiger partial charge in [0.1, 0.15) is 27.8 Å². The van der Waals surface area contributed by atoms with Crippen molar-refractivity contribution in [1.82, 2.24) is 24.8 Å². The highest BCUT2D eigenvalue weighted by atomic mass is 32.1. The van der Waals surface area contributed by atoms with E-state index in [0.717, 1.165) is 5.69 Å². The number of para-hydroxylation sites is 1. The third kappa shape index (κ3) is 3.08. The molecule has 0 unspecified atom stereocenters. The SMILES string of the molecule is Cc1nc(C(C)(C)C#N)oc1C(=O)N1CCc2[nH]cnc2[C@H]1c1nc2c(F)cccc2s1. The van der Waals surface area contributed by atoms with Gasteiger partial charge in [-0.3, -0.25) is 4.79 Å². The Balaban J connectivity index is 1.61. The van der Waals surface area contributed by atoms with E-state index in [1.165, 1.54) is 17.4 Å². The van der Waals surface area contributed by atoms with Crippen molar-refractivity contribution in [1.29, 1.82) is 5.26 Å². The molecule has 0 radical (unpaired) electrons. The molecule has 1 N–H and O–H groups in total. The molecule has 0 spiro atoms. The number of aryl methyl sites for hydroxylation is 1. The number of nitriles is 1. The largest absolute Gasteiger partial charge is 0.434 e. The number of thiazole rings is 1. The summed E-state index contributed by atoms with van der Waals surface area (Å²) in [4.78, 5) is 31.7. The van der Waals surface area contributed by atoms with Crippen LogP contribution in [0.2, 0.25) is 0 Å². The minimum atomic E-state index is -0.968. The van der Waals surface area contributed by atoms with Crippen LogP contribution in [-0.4, -0.2) is 37.3 Å². The third-order valence-electron chi connectivity index (χ3n) is 5.61. The number of amides is 1. The Morgan fingerprint density at radius 2 is 2.22 bits per heavy atom. The quantitative estimate of drug-likeness (QED) is 0.504. The van der Waals surface area contributed by atoms with Crippen molar-refractivity contribution in [3.05, 3.63) is 64.1 Å². The van der Waals surface area contributed by atoms with Crippen LogP contribution in [0.1, 0.15) is 58.4 Å². The number of nitrogens with zero attached hydrogens (tertiary/aromatic N) is 5. The summed E-state index contributed by atoms with van der Waals surface area (Å²) in [7, 11) is 0. The van der Waals surface area contributed by atoms with Gasteiger partial charge < -0.3 is 14.3 Å². The molecular weight excluding hydrogens is 431 g/mol. The average molecular weight is 450 g/mol. The summed E-state index contributed by atoms with van der Waals surface area (Å²) in [6.07, 6.45) is 2.17. The molecule has 1 aliphatic rings. The fourth-order valence-electron chi connectivity index (χ4n) is 3.83. The summed E-state index contributed by atoms with van der Waals surface area (Å²) in [6.45, 7) is 5.44. The highest BCUT2D eigenvalue weighted by molar-refractivity contribution is 7.18. The summed E-state index contributed by atoms with van der Waals surface area (Å²) in [5, 5.41) is 9.98. The highest BCUT2D eigenvalue weighted by Crippen LogP contribution is 2.39. The molecule has 162 valence electrons. The maximum Gasteiger partial charge on any atom is 0.292 e. The van der Waals surface area contributed by atoms with Gasteiger partial charge in [0.15, 0.2) is 0 Å². The maximum absolute atomic E-state index is 14.3. The van der Waals surface area contributed by atoms with E-state index < -0.39 is 17.3 Å². The number of benzene rings is 1. The number of rotatable bonds is 3. The smallest absolute Gasteiger partial charge is 0.292 e. The Kier molecular flexibility index (Phi) is 4.60. The molecule has 0 bridgehead atoms. The molecule has 5 rings (SSSR count). The Hall–Kier alpha value is -3.58. The second kappa shape index (κ2) is 7.24. The first-order valence-electron chi connectivity index (χ1n) is 10.1. The monoisotopic (exact) mass is 450 g/mol. The van der Waals surface area contributed by atoms with Crippen LogP contribution in [0.4, 0.5) is 4.39 Å². The molecule has 1 amide bonds. The molecular formula is C22H19FN6O2S. The summed E-state index contributed by atoms with van der Waals surface area (Å²) in [5.74, 6) is -0.500. The summed E-state index contributed by atoms with van der Waals surface area (Å²) in [6, 6.07) is 6.36. The van der Waals surface area contributed by atoms with E-state index in [4.69, 9.17) is 4.42 Å². The van der Waals surface area contributed by atoms with Crippen LogP contribution in [0.5, 0.6) is 0 Å². The first-order valence-corrected chi connectivity index (χ1v) is 10.9. The van der Waals surface area contributed by atoms with Crippen LogP contribution in [0.3, 0.4) is 0 Å². The van der Waals surface area contributed by atoms with Crippen LogP contribution < -0.4 is 0 Å². The van der Waals surface area contributed by atoms with E-state index in [9.17, 15) is 14.4 Å². The molecule has 32 heavy (non-hydrogen) atoms. The van der Waals surface area contributed by atoms with Crippen LogP contribution >= 0.6 is 11.3 Å². The molecule has 4 heterocycles. The number of halogens is 1. The lowest BCUT2D eigenvalue weighted by molar-refractivity contribution is 0.0653. The minimum absolute atomic E-state index is 0.0830. The summed E-state index contributed by atoms with van der Waals surface area (Å²) < 4.78 is 20.8. The Labute approximate surface area is 186 Å². The number of imidazole rings is 1. The van der Waals surface area contributed by atoms with Crippen molar-refractivity contribution in [2.75, 3.05) is 6.54 Å². The van der Waals surface area contributed by atoms with Crippen molar-refractivity contribution in [2.24, 2.45) is 0 Å². The number of fused-ring (bicyclic) bond motifs is 2. The standard InChI is InChI=1S/C22H19FN6O2S/c1-11-18(31-21(27-11)22(2,3)9-24)20(30)29-8-7-13-16(26-10-25-13)17(29)19-28-15-12(23)5-4-6-14(15)32-19/h4-6,10,17H,7-8H2,1-3H3,(H,25,26)/t17-/m0/s1. The van der Waals surface area contributed by atoms with Gasteiger partial charge in [0.2, 0.25) is 11.7 Å². The average Bonchev–Trinajstić information content (AvgIpc) is 3.50. The van der Waals surface area contributed by atoms with Gasteiger partial charge in [-0.05, 0) is 32.9 Å². The molecule has 0 saturated heterocycles. The number of hydrogen-bond donors (Lipinski definition) is 1.